The fourth-order valence-electron chi connectivity index (χ4n) is 3.29. The first-order valence-corrected chi connectivity index (χ1v) is 10.2. The van der Waals surface area contributed by atoms with Crippen molar-refractivity contribution in [1.82, 2.24) is 14.4 Å². The third kappa shape index (κ3) is 3.55. The van der Waals surface area contributed by atoms with Gasteiger partial charge in [-0.3, -0.25) is 4.90 Å². The van der Waals surface area contributed by atoms with Crippen LogP contribution in [-0.4, -0.2) is 56.1 Å². The molecule has 1 fully saturated rings. The number of hydrogen-bond donors (Lipinski definition) is 0. The molecule has 0 amide bonds. The molecule has 3 aromatic rings. The van der Waals surface area contributed by atoms with Crippen LogP contribution < -0.4 is 4.74 Å². The van der Waals surface area contributed by atoms with Crippen molar-refractivity contribution in [3.8, 4) is 5.75 Å². The lowest BCUT2D eigenvalue weighted by molar-refractivity contribution is 0.178. The zero-order chi connectivity index (χ0) is 18.9. The molecule has 8 heteroatoms. The third-order valence-electron chi connectivity index (χ3n) is 4.85. The minimum absolute atomic E-state index is 0.291. The highest BCUT2D eigenvalue weighted by Gasteiger charge is 2.29. The fourth-order valence-corrected chi connectivity index (χ4v) is 4.71. The van der Waals surface area contributed by atoms with E-state index in [0.717, 1.165) is 16.7 Å². The zero-order valence-electron chi connectivity index (χ0n) is 15.0. The molecule has 2 heterocycles. The molecule has 0 N–H and O–H groups in total. The summed E-state index contributed by atoms with van der Waals surface area (Å²) in [4.78, 5) is 2.49. The number of benzene rings is 2. The first-order chi connectivity index (χ1) is 13.1. The Balaban J connectivity index is 1.42. The van der Waals surface area contributed by atoms with Crippen LogP contribution in [0.25, 0.3) is 11.0 Å². The molecule has 142 valence electrons. The van der Waals surface area contributed by atoms with Crippen molar-refractivity contribution in [2.45, 2.75) is 11.4 Å². The molecular formula is C19H21N3O4S. The standard InChI is InChI=1S/C19H21N3O4S/c1-25-15-6-8-16(9-7-15)27(23,24)22-12-10-21(11-13-22)14-18-17-4-2-3-5-19(17)26-20-18/h2-9H,10-14H2,1H3. The second kappa shape index (κ2) is 7.30. The first-order valence-electron chi connectivity index (χ1n) is 8.78. The minimum Gasteiger partial charge on any atom is -0.497 e. The monoisotopic (exact) mass is 387 g/mol. The van der Waals surface area contributed by atoms with Gasteiger partial charge in [-0.1, -0.05) is 17.3 Å². The van der Waals surface area contributed by atoms with Crippen LogP contribution in [0.3, 0.4) is 0 Å². The Kier molecular flexibility index (Phi) is 4.86. The van der Waals surface area contributed by atoms with Crippen LogP contribution in [0.1, 0.15) is 5.69 Å². The summed E-state index contributed by atoms with van der Waals surface area (Å²) < 4.78 is 37.6. The summed E-state index contributed by atoms with van der Waals surface area (Å²) in [7, 11) is -1.93. The van der Waals surface area contributed by atoms with Gasteiger partial charge in [0.15, 0.2) is 5.58 Å². The lowest BCUT2D eigenvalue weighted by Crippen LogP contribution is -2.48. The van der Waals surface area contributed by atoms with E-state index in [4.69, 9.17) is 9.26 Å². The van der Waals surface area contributed by atoms with E-state index in [1.54, 1.807) is 31.4 Å². The number of fused-ring (bicyclic) bond motifs is 1. The molecule has 4 rings (SSSR count). The highest BCUT2D eigenvalue weighted by atomic mass is 32.2. The molecule has 0 spiro atoms. The van der Waals surface area contributed by atoms with Crippen LogP contribution in [0, 0.1) is 0 Å². The molecule has 0 unspecified atom stereocenters. The molecule has 0 bridgehead atoms. The molecule has 0 atom stereocenters. The van der Waals surface area contributed by atoms with Gasteiger partial charge in [0.25, 0.3) is 0 Å². The maximum absolute atomic E-state index is 12.8. The SMILES string of the molecule is COc1ccc(S(=O)(=O)N2CCN(Cc3noc4ccccc34)CC2)cc1. The fraction of sp³-hybridized carbons (Fsp3) is 0.316. The van der Waals surface area contributed by atoms with Gasteiger partial charge in [0, 0.05) is 38.1 Å². The van der Waals surface area contributed by atoms with Crippen LogP contribution in [0.2, 0.25) is 0 Å². The van der Waals surface area contributed by atoms with Gasteiger partial charge in [0.2, 0.25) is 10.0 Å². The molecule has 0 aliphatic carbocycles. The molecule has 1 aromatic heterocycles. The van der Waals surface area contributed by atoms with Gasteiger partial charge in [-0.05, 0) is 36.4 Å². The van der Waals surface area contributed by atoms with Crippen molar-refractivity contribution in [3.63, 3.8) is 0 Å². The van der Waals surface area contributed by atoms with Crippen molar-refractivity contribution in [2.24, 2.45) is 0 Å². The Labute approximate surface area is 158 Å². The Morgan fingerprint density at radius 3 is 2.44 bits per heavy atom. The molecule has 7 nitrogen and oxygen atoms in total. The van der Waals surface area contributed by atoms with Crippen molar-refractivity contribution >= 4 is 21.0 Å². The van der Waals surface area contributed by atoms with E-state index in [9.17, 15) is 8.42 Å². The van der Waals surface area contributed by atoms with Crippen molar-refractivity contribution < 1.29 is 17.7 Å². The molecular weight excluding hydrogens is 366 g/mol. The maximum atomic E-state index is 12.8. The van der Waals surface area contributed by atoms with E-state index >= 15 is 0 Å². The minimum atomic E-state index is -3.49. The Morgan fingerprint density at radius 2 is 1.74 bits per heavy atom. The van der Waals surface area contributed by atoms with Gasteiger partial charge >= 0.3 is 0 Å². The number of hydrogen-bond acceptors (Lipinski definition) is 6. The highest BCUT2D eigenvalue weighted by Crippen LogP contribution is 2.23. The van der Waals surface area contributed by atoms with Gasteiger partial charge in [-0.25, -0.2) is 8.42 Å². The summed E-state index contributed by atoms with van der Waals surface area (Å²) in [5, 5.41) is 5.17. The molecule has 1 aliphatic rings. The Morgan fingerprint density at radius 1 is 1.04 bits per heavy atom. The average Bonchev–Trinajstić information content (AvgIpc) is 3.11. The summed E-state index contributed by atoms with van der Waals surface area (Å²) in [5.41, 5.74) is 1.66. The quantitative estimate of drug-likeness (QED) is 0.669. The summed E-state index contributed by atoms with van der Waals surface area (Å²) >= 11 is 0. The van der Waals surface area contributed by atoms with Crippen molar-refractivity contribution in [3.05, 3.63) is 54.2 Å². The van der Waals surface area contributed by atoms with Gasteiger partial charge in [-0.15, -0.1) is 0 Å². The number of aromatic nitrogens is 1. The number of para-hydroxylation sites is 1. The van der Waals surface area contributed by atoms with Crippen LogP contribution in [0.5, 0.6) is 5.75 Å². The van der Waals surface area contributed by atoms with E-state index in [0.29, 0.717) is 43.4 Å². The van der Waals surface area contributed by atoms with Gasteiger partial charge < -0.3 is 9.26 Å². The predicted molar refractivity (Wildman–Crippen MR) is 101 cm³/mol. The molecule has 1 aliphatic heterocycles. The van der Waals surface area contributed by atoms with Gasteiger partial charge in [0.1, 0.15) is 11.4 Å². The summed E-state index contributed by atoms with van der Waals surface area (Å²) in [5.74, 6) is 0.638. The lowest BCUT2D eigenvalue weighted by atomic mass is 10.2. The summed E-state index contributed by atoms with van der Waals surface area (Å²) in [6.45, 7) is 2.84. The van der Waals surface area contributed by atoms with Gasteiger partial charge in [-0.2, -0.15) is 4.31 Å². The van der Waals surface area contributed by atoms with Crippen molar-refractivity contribution in [1.29, 1.82) is 0 Å². The third-order valence-corrected chi connectivity index (χ3v) is 6.77. The van der Waals surface area contributed by atoms with Crippen molar-refractivity contribution in [2.75, 3.05) is 33.3 Å². The summed E-state index contributed by atoms with van der Waals surface area (Å²) in [6.07, 6.45) is 0. The van der Waals surface area contributed by atoms with Crippen LogP contribution in [-0.2, 0) is 16.6 Å². The molecule has 0 radical (unpaired) electrons. The smallest absolute Gasteiger partial charge is 0.243 e. The molecule has 27 heavy (non-hydrogen) atoms. The Hall–Kier alpha value is -2.42. The lowest BCUT2D eigenvalue weighted by Gasteiger charge is -2.33. The van der Waals surface area contributed by atoms with E-state index in [-0.39, 0.29) is 0 Å². The van der Waals surface area contributed by atoms with E-state index in [1.807, 2.05) is 24.3 Å². The number of nitrogens with zero attached hydrogens (tertiary/aromatic N) is 3. The number of ether oxygens (including phenoxy) is 1. The molecule has 1 saturated heterocycles. The van der Waals surface area contributed by atoms with Crippen LogP contribution in [0.4, 0.5) is 0 Å². The number of rotatable bonds is 5. The average molecular weight is 387 g/mol. The van der Waals surface area contributed by atoms with Crippen LogP contribution >= 0.6 is 0 Å². The second-order valence-electron chi connectivity index (χ2n) is 6.48. The maximum Gasteiger partial charge on any atom is 0.243 e. The normalized spacial score (nSPS) is 16.6. The molecule has 2 aromatic carbocycles. The van der Waals surface area contributed by atoms with Crippen LogP contribution in [0.15, 0.2) is 57.9 Å². The summed E-state index contributed by atoms with van der Waals surface area (Å²) in [6, 6.07) is 14.3. The highest BCUT2D eigenvalue weighted by molar-refractivity contribution is 7.89. The number of piperazine rings is 1. The first kappa shape index (κ1) is 18.0. The van der Waals surface area contributed by atoms with E-state index in [1.165, 1.54) is 4.31 Å². The largest absolute Gasteiger partial charge is 0.497 e. The Bertz CT molecular complexity index is 1020. The van der Waals surface area contributed by atoms with E-state index < -0.39 is 10.0 Å². The predicted octanol–water partition coefficient (Wildman–Crippen LogP) is 2.34. The number of sulfonamides is 1. The molecule has 0 saturated carbocycles. The zero-order valence-corrected chi connectivity index (χ0v) is 15.9. The van der Waals surface area contributed by atoms with Gasteiger partial charge in [0.05, 0.1) is 12.0 Å². The van der Waals surface area contributed by atoms with E-state index in [2.05, 4.69) is 10.1 Å². The number of methoxy groups -OCH3 is 1. The second-order valence-corrected chi connectivity index (χ2v) is 8.42. The topological polar surface area (TPSA) is 75.9 Å².